The quantitative estimate of drug-likeness (QED) is 0.532. The Morgan fingerprint density at radius 1 is 1.00 bits per heavy atom. The highest BCUT2D eigenvalue weighted by Crippen LogP contribution is 2.31. The molecule has 0 unspecified atom stereocenters. The SMILES string of the molecule is CC[C@H](C(=O)NC(C)C)N(Cc1ccc(Cl)c(Cl)c1)C(=O)CCc1ccc2c(c1)OCCO2. The number of nitrogens with one attached hydrogen (secondary N) is 1. The molecule has 178 valence electrons. The molecule has 0 aliphatic carbocycles. The molecular formula is C25H30Cl2N2O4. The highest BCUT2D eigenvalue weighted by Gasteiger charge is 2.29. The number of hydrogen-bond acceptors (Lipinski definition) is 4. The molecule has 6 nitrogen and oxygen atoms in total. The number of amides is 2. The van der Waals surface area contributed by atoms with Crippen molar-refractivity contribution in [3.63, 3.8) is 0 Å². The van der Waals surface area contributed by atoms with E-state index in [0.29, 0.717) is 47.6 Å². The Balaban J connectivity index is 1.78. The molecule has 0 fully saturated rings. The van der Waals surface area contributed by atoms with Gasteiger partial charge in [-0.2, -0.15) is 0 Å². The van der Waals surface area contributed by atoms with Gasteiger partial charge in [-0.1, -0.05) is 42.3 Å². The van der Waals surface area contributed by atoms with E-state index in [-0.39, 0.29) is 30.8 Å². The van der Waals surface area contributed by atoms with E-state index in [1.165, 1.54) is 0 Å². The first kappa shape index (κ1) is 25.2. The smallest absolute Gasteiger partial charge is 0.243 e. The summed E-state index contributed by atoms with van der Waals surface area (Å²) in [6.07, 6.45) is 1.28. The van der Waals surface area contributed by atoms with Crippen LogP contribution >= 0.6 is 23.2 Å². The van der Waals surface area contributed by atoms with Gasteiger partial charge in [0.1, 0.15) is 19.3 Å². The summed E-state index contributed by atoms with van der Waals surface area (Å²) < 4.78 is 11.2. The fraction of sp³-hybridized carbons (Fsp3) is 0.440. The standard InChI is InChI=1S/C25H30Cl2N2O4/c1-4-21(25(31)28-16(2)3)29(15-18-5-8-19(26)20(27)13-18)24(30)10-7-17-6-9-22-23(14-17)33-12-11-32-22/h5-6,8-9,13-14,16,21H,4,7,10-12,15H2,1-3H3,(H,28,31)/t21-/m1/s1. The topological polar surface area (TPSA) is 67.9 Å². The summed E-state index contributed by atoms with van der Waals surface area (Å²) in [4.78, 5) is 27.9. The Morgan fingerprint density at radius 3 is 2.36 bits per heavy atom. The lowest BCUT2D eigenvalue weighted by Crippen LogP contribution is -2.50. The number of ether oxygens (including phenoxy) is 2. The molecule has 2 amide bonds. The van der Waals surface area contributed by atoms with E-state index in [2.05, 4.69) is 5.32 Å². The van der Waals surface area contributed by atoms with E-state index in [4.69, 9.17) is 32.7 Å². The van der Waals surface area contributed by atoms with Gasteiger partial charge in [-0.3, -0.25) is 9.59 Å². The average Bonchev–Trinajstić information content (AvgIpc) is 2.79. The van der Waals surface area contributed by atoms with Gasteiger partial charge in [0.25, 0.3) is 0 Å². The highest BCUT2D eigenvalue weighted by molar-refractivity contribution is 6.42. The summed E-state index contributed by atoms with van der Waals surface area (Å²) >= 11 is 12.2. The predicted molar refractivity (Wildman–Crippen MR) is 130 cm³/mol. The van der Waals surface area contributed by atoms with E-state index < -0.39 is 6.04 Å². The molecule has 3 rings (SSSR count). The van der Waals surface area contributed by atoms with Crippen molar-refractivity contribution in [1.82, 2.24) is 10.2 Å². The molecule has 1 aliphatic heterocycles. The Morgan fingerprint density at radius 2 is 1.70 bits per heavy atom. The van der Waals surface area contributed by atoms with E-state index >= 15 is 0 Å². The second-order valence-corrected chi connectivity index (χ2v) is 9.15. The fourth-order valence-electron chi connectivity index (χ4n) is 3.77. The normalized spacial score (nSPS) is 13.5. The van der Waals surface area contributed by atoms with E-state index in [0.717, 1.165) is 11.1 Å². The van der Waals surface area contributed by atoms with Crippen LogP contribution in [0.5, 0.6) is 11.5 Å². The molecule has 8 heteroatoms. The van der Waals surface area contributed by atoms with Gasteiger partial charge in [0.15, 0.2) is 11.5 Å². The second kappa shape index (κ2) is 11.6. The van der Waals surface area contributed by atoms with Gasteiger partial charge in [0.2, 0.25) is 11.8 Å². The predicted octanol–water partition coefficient (Wildman–Crippen LogP) is 5.03. The average molecular weight is 493 g/mol. The van der Waals surface area contributed by atoms with Crippen LogP contribution in [0.15, 0.2) is 36.4 Å². The van der Waals surface area contributed by atoms with Crippen molar-refractivity contribution in [3.8, 4) is 11.5 Å². The van der Waals surface area contributed by atoms with Gasteiger partial charge in [0, 0.05) is 19.0 Å². The van der Waals surface area contributed by atoms with Crippen LogP contribution < -0.4 is 14.8 Å². The molecule has 1 N–H and O–H groups in total. The molecule has 0 radical (unpaired) electrons. The number of nitrogens with zero attached hydrogens (tertiary/aromatic N) is 1. The zero-order valence-electron chi connectivity index (χ0n) is 19.2. The monoisotopic (exact) mass is 492 g/mol. The van der Waals surface area contributed by atoms with Crippen molar-refractivity contribution < 1.29 is 19.1 Å². The first-order valence-electron chi connectivity index (χ1n) is 11.2. The summed E-state index contributed by atoms with van der Waals surface area (Å²) in [5, 5.41) is 3.79. The van der Waals surface area contributed by atoms with Gasteiger partial charge >= 0.3 is 0 Å². The van der Waals surface area contributed by atoms with Gasteiger partial charge in [-0.25, -0.2) is 0 Å². The zero-order chi connectivity index (χ0) is 24.0. The van der Waals surface area contributed by atoms with Crippen molar-refractivity contribution in [2.75, 3.05) is 13.2 Å². The van der Waals surface area contributed by atoms with Crippen LogP contribution in [0.25, 0.3) is 0 Å². The van der Waals surface area contributed by atoms with Crippen LogP contribution in [0.3, 0.4) is 0 Å². The Bertz CT molecular complexity index is 996. The molecule has 2 aromatic rings. The third-order valence-corrected chi connectivity index (χ3v) is 6.13. The lowest BCUT2D eigenvalue weighted by Gasteiger charge is -2.31. The largest absolute Gasteiger partial charge is 0.486 e. The second-order valence-electron chi connectivity index (χ2n) is 8.34. The Kier molecular flexibility index (Phi) is 8.87. The number of carbonyl (C=O) groups excluding carboxylic acids is 2. The minimum Gasteiger partial charge on any atom is -0.486 e. The number of hydrogen-bond donors (Lipinski definition) is 1. The molecular weight excluding hydrogens is 463 g/mol. The molecule has 0 bridgehead atoms. The van der Waals surface area contributed by atoms with Crippen LogP contribution in [-0.4, -0.2) is 42.0 Å². The molecule has 0 spiro atoms. The third-order valence-electron chi connectivity index (χ3n) is 5.39. The Labute approximate surface area is 205 Å². The maximum Gasteiger partial charge on any atom is 0.243 e. The molecule has 0 saturated heterocycles. The van der Waals surface area contributed by atoms with Crippen molar-refractivity contribution in [2.24, 2.45) is 0 Å². The minimum absolute atomic E-state index is 0.0220. The van der Waals surface area contributed by atoms with Crippen LogP contribution in [0.1, 0.15) is 44.7 Å². The summed E-state index contributed by atoms with van der Waals surface area (Å²) in [7, 11) is 0. The number of aryl methyl sites for hydroxylation is 1. The first-order valence-corrected chi connectivity index (χ1v) is 12.0. The van der Waals surface area contributed by atoms with Crippen molar-refractivity contribution in [1.29, 1.82) is 0 Å². The van der Waals surface area contributed by atoms with Gasteiger partial charge in [-0.05, 0) is 62.1 Å². The lowest BCUT2D eigenvalue weighted by atomic mass is 10.1. The van der Waals surface area contributed by atoms with Crippen LogP contribution in [-0.2, 0) is 22.6 Å². The van der Waals surface area contributed by atoms with Crippen LogP contribution in [0.4, 0.5) is 0 Å². The summed E-state index contributed by atoms with van der Waals surface area (Å²) in [6, 6.07) is 10.4. The van der Waals surface area contributed by atoms with Crippen molar-refractivity contribution in [3.05, 3.63) is 57.6 Å². The number of rotatable bonds is 9. The molecule has 1 heterocycles. The number of benzene rings is 2. The van der Waals surface area contributed by atoms with Crippen molar-refractivity contribution >= 4 is 35.0 Å². The Hall–Kier alpha value is -2.44. The number of halogens is 2. The van der Waals surface area contributed by atoms with E-state index in [1.807, 2.05) is 45.0 Å². The summed E-state index contributed by atoms with van der Waals surface area (Å²) in [5.74, 6) is 1.14. The van der Waals surface area contributed by atoms with Gasteiger partial charge in [-0.15, -0.1) is 0 Å². The molecule has 0 saturated carbocycles. The molecule has 1 atom stereocenters. The van der Waals surface area contributed by atoms with E-state index in [9.17, 15) is 9.59 Å². The molecule has 2 aromatic carbocycles. The molecule has 0 aromatic heterocycles. The minimum atomic E-state index is -0.588. The van der Waals surface area contributed by atoms with Crippen molar-refractivity contribution in [2.45, 2.75) is 58.7 Å². The highest BCUT2D eigenvalue weighted by atomic mass is 35.5. The number of fused-ring (bicyclic) bond motifs is 1. The maximum atomic E-state index is 13.4. The first-order chi connectivity index (χ1) is 15.8. The van der Waals surface area contributed by atoms with Gasteiger partial charge in [0.05, 0.1) is 10.0 Å². The maximum absolute atomic E-state index is 13.4. The molecule has 33 heavy (non-hydrogen) atoms. The summed E-state index contributed by atoms with van der Waals surface area (Å²) in [6.45, 7) is 7.01. The lowest BCUT2D eigenvalue weighted by molar-refractivity contribution is -0.141. The summed E-state index contributed by atoms with van der Waals surface area (Å²) in [5.41, 5.74) is 1.79. The van der Waals surface area contributed by atoms with E-state index in [1.54, 1.807) is 17.0 Å². The molecule has 1 aliphatic rings. The van der Waals surface area contributed by atoms with Gasteiger partial charge < -0.3 is 19.7 Å². The van der Waals surface area contributed by atoms with Crippen LogP contribution in [0, 0.1) is 0 Å². The third kappa shape index (κ3) is 6.78. The number of carbonyl (C=O) groups is 2. The fourth-order valence-corrected chi connectivity index (χ4v) is 4.09. The van der Waals surface area contributed by atoms with Crippen LogP contribution in [0.2, 0.25) is 10.0 Å². The zero-order valence-corrected chi connectivity index (χ0v) is 20.7.